The number of esters is 1. The highest BCUT2D eigenvalue weighted by Gasteiger charge is 2.31. The molecule has 0 fully saturated rings. The van der Waals surface area contributed by atoms with E-state index in [9.17, 15) is 18.0 Å². The number of benzene rings is 1. The Kier molecular flexibility index (Phi) is 5.01. The minimum Gasteiger partial charge on any atom is -0.468 e. The number of rotatable bonds is 4. The van der Waals surface area contributed by atoms with Crippen LogP contribution in [0.4, 0.5) is 13.2 Å². The fraction of sp³-hybridized carbons (Fsp3) is 0.364. The molecule has 0 N–H and O–H groups in total. The summed E-state index contributed by atoms with van der Waals surface area (Å²) < 4.78 is 44.0. The maximum absolute atomic E-state index is 11.9. The lowest BCUT2D eigenvalue weighted by atomic mass is 10.1. The quantitative estimate of drug-likeness (QED) is 0.630. The Morgan fingerprint density at radius 1 is 1.33 bits per heavy atom. The Hall–Kier alpha value is -1.24. The number of halogens is 4. The van der Waals surface area contributed by atoms with Crippen LogP contribution in [0.15, 0.2) is 24.3 Å². The normalized spacial score (nSPS) is 12.9. The SMILES string of the molecule is COC(=O)C(Br)Cc1ccc(OC(F)(F)F)cc1. The summed E-state index contributed by atoms with van der Waals surface area (Å²) in [7, 11) is 1.26. The molecule has 0 radical (unpaired) electrons. The summed E-state index contributed by atoms with van der Waals surface area (Å²) in [4.78, 5) is 10.6. The Labute approximate surface area is 110 Å². The maximum atomic E-state index is 11.9. The second-order valence-electron chi connectivity index (χ2n) is 3.39. The topological polar surface area (TPSA) is 35.5 Å². The van der Waals surface area contributed by atoms with Crippen LogP contribution in [0.5, 0.6) is 5.75 Å². The lowest BCUT2D eigenvalue weighted by molar-refractivity contribution is -0.274. The molecule has 0 amide bonds. The van der Waals surface area contributed by atoms with Crippen molar-refractivity contribution >= 4 is 21.9 Å². The van der Waals surface area contributed by atoms with Crippen molar-refractivity contribution in [3.05, 3.63) is 29.8 Å². The van der Waals surface area contributed by atoms with Crippen LogP contribution < -0.4 is 4.74 Å². The highest BCUT2D eigenvalue weighted by molar-refractivity contribution is 9.10. The molecule has 0 saturated heterocycles. The summed E-state index contributed by atoms with van der Waals surface area (Å²) in [5.41, 5.74) is 0.691. The summed E-state index contributed by atoms with van der Waals surface area (Å²) in [5, 5.41) is 0. The summed E-state index contributed by atoms with van der Waals surface area (Å²) in [5.74, 6) is -0.735. The molecule has 0 aliphatic heterocycles. The predicted octanol–water partition coefficient (Wildman–Crippen LogP) is 3.06. The average molecular weight is 327 g/mol. The van der Waals surface area contributed by atoms with Crippen LogP contribution in [0.25, 0.3) is 0 Å². The van der Waals surface area contributed by atoms with Crippen molar-refractivity contribution in [1.29, 1.82) is 0 Å². The molecule has 1 aromatic rings. The van der Waals surface area contributed by atoms with Gasteiger partial charge < -0.3 is 9.47 Å². The summed E-state index contributed by atoms with van der Waals surface area (Å²) in [6.07, 6.45) is -4.38. The van der Waals surface area contributed by atoms with E-state index in [2.05, 4.69) is 25.4 Å². The van der Waals surface area contributed by atoms with Crippen molar-refractivity contribution in [2.45, 2.75) is 17.6 Å². The molecule has 0 saturated carbocycles. The predicted molar refractivity (Wildman–Crippen MR) is 61.6 cm³/mol. The third-order valence-corrected chi connectivity index (χ3v) is 2.73. The number of hydrogen-bond donors (Lipinski definition) is 0. The van der Waals surface area contributed by atoms with E-state index in [4.69, 9.17) is 0 Å². The van der Waals surface area contributed by atoms with Crippen LogP contribution in [0, 0.1) is 0 Å². The lowest BCUT2D eigenvalue weighted by Gasteiger charge is -2.10. The number of carbonyl (C=O) groups excluding carboxylic acids is 1. The summed E-state index contributed by atoms with van der Waals surface area (Å²) >= 11 is 3.12. The Bertz CT molecular complexity index is 403. The van der Waals surface area contributed by atoms with Gasteiger partial charge in [0.1, 0.15) is 10.6 Å². The van der Waals surface area contributed by atoms with Gasteiger partial charge in [0, 0.05) is 0 Å². The second kappa shape index (κ2) is 6.08. The van der Waals surface area contributed by atoms with Gasteiger partial charge in [0.25, 0.3) is 0 Å². The van der Waals surface area contributed by atoms with Crippen LogP contribution in [-0.2, 0) is 16.0 Å². The van der Waals surface area contributed by atoms with Gasteiger partial charge in [-0.2, -0.15) is 0 Å². The van der Waals surface area contributed by atoms with Gasteiger partial charge in [-0.15, -0.1) is 13.2 Å². The fourth-order valence-corrected chi connectivity index (χ4v) is 1.81. The van der Waals surface area contributed by atoms with Crippen LogP contribution in [0.1, 0.15) is 5.56 Å². The molecule has 100 valence electrons. The van der Waals surface area contributed by atoms with Crippen LogP contribution in [0.2, 0.25) is 0 Å². The number of alkyl halides is 4. The van der Waals surface area contributed by atoms with Crippen molar-refractivity contribution in [3.63, 3.8) is 0 Å². The zero-order valence-corrected chi connectivity index (χ0v) is 10.9. The second-order valence-corrected chi connectivity index (χ2v) is 4.49. The van der Waals surface area contributed by atoms with E-state index in [0.29, 0.717) is 12.0 Å². The molecule has 0 spiro atoms. The standard InChI is InChI=1S/C11H10BrF3O3/c1-17-10(16)9(12)6-7-2-4-8(5-3-7)18-11(13,14)15/h2-5,9H,6H2,1H3. The zero-order valence-electron chi connectivity index (χ0n) is 9.33. The van der Waals surface area contributed by atoms with Gasteiger partial charge in [0.15, 0.2) is 0 Å². The summed E-state index contributed by atoms with van der Waals surface area (Å²) in [6, 6.07) is 5.30. The molecule has 1 unspecified atom stereocenters. The number of methoxy groups -OCH3 is 1. The highest BCUT2D eigenvalue weighted by Crippen LogP contribution is 2.23. The molecule has 0 aliphatic carbocycles. The van der Waals surface area contributed by atoms with E-state index in [1.54, 1.807) is 0 Å². The number of hydrogen-bond acceptors (Lipinski definition) is 3. The van der Waals surface area contributed by atoms with E-state index in [0.717, 1.165) is 0 Å². The Morgan fingerprint density at radius 3 is 2.33 bits per heavy atom. The molecule has 0 aliphatic rings. The van der Waals surface area contributed by atoms with E-state index < -0.39 is 17.2 Å². The third kappa shape index (κ3) is 4.95. The first-order valence-corrected chi connectivity index (χ1v) is 5.80. The van der Waals surface area contributed by atoms with Crippen LogP contribution in [0.3, 0.4) is 0 Å². The van der Waals surface area contributed by atoms with Gasteiger partial charge in [-0.25, -0.2) is 0 Å². The molecule has 1 rings (SSSR count). The van der Waals surface area contributed by atoms with Gasteiger partial charge in [0.2, 0.25) is 0 Å². The first-order chi connectivity index (χ1) is 8.31. The van der Waals surface area contributed by atoms with Crippen molar-refractivity contribution in [1.82, 2.24) is 0 Å². The molecular weight excluding hydrogens is 317 g/mol. The van der Waals surface area contributed by atoms with Crippen LogP contribution in [-0.4, -0.2) is 24.3 Å². The Morgan fingerprint density at radius 2 is 1.89 bits per heavy atom. The summed E-state index contributed by atoms with van der Waals surface area (Å²) in [6.45, 7) is 0. The average Bonchev–Trinajstić information content (AvgIpc) is 2.28. The Balaban J connectivity index is 2.63. The third-order valence-electron chi connectivity index (χ3n) is 2.03. The van der Waals surface area contributed by atoms with E-state index in [1.165, 1.54) is 31.4 Å². The molecule has 7 heteroatoms. The lowest BCUT2D eigenvalue weighted by Crippen LogP contribution is -2.18. The molecule has 0 heterocycles. The van der Waals surface area contributed by atoms with Gasteiger partial charge >= 0.3 is 12.3 Å². The van der Waals surface area contributed by atoms with Gasteiger partial charge in [-0.3, -0.25) is 4.79 Å². The van der Waals surface area contributed by atoms with Gasteiger partial charge in [-0.05, 0) is 24.1 Å². The minimum absolute atomic E-state index is 0.296. The molecule has 0 aromatic heterocycles. The molecular formula is C11H10BrF3O3. The zero-order chi connectivity index (χ0) is 13.8. The van der Waals surface area contributed by atoms with Crippen molar-refractivity contribution in [3.8, 4) is 5.75 Å². The van der Waals surface area contributed by atoms with Gasteiger partial charge in [0.05, 0.1) is 7.11 Å². The fourth-order valence-electron chi connectivity index (χ4n) is 1.25. The van der Waals surface area contributed by atoms with Crippen molar-refractivity contribution < 1.29 is 27.4 Å². The maximum Gasteiger partial charge on any atom is 0.573 e. The van der Waals surface area contributed by atoms with Crippen LogP contribution >= 0.6 is 15.9 Å². The van der Waals surface area contributed by atoms with Crippen molar-refractivity contribution in [2.24, 2.45) is 0 Å². The van der Waals surface area contributed by atoms with Crippen molar-refractivity contribution in [2.75, 3.05) is 7.11 Å². The molecule has 3 nitrogen and oxygen atoms in total. The molecule has 0 bridgehead atoms. The number of carbonyl (C=O) groups is 1. The van der Waals surface area contributed by atoms with E-state index >= 15 is 0 Å². The van der Waals surface area contributed by atoms with Gasteiger partial charge in [-0.1, -0.05) is 28.1 Å². The smallest absolute Gasteiger partial charge is 0.468 e. The van der Waals surface area contributed by atoms with E-state index in [-0.39, 0.29) is 5.75 Å². The highest BCUT2D eigenvalue weighted by atomic mass is 79.9. The first-order valence-electron chi connectivity index (χ1n) is 4.88. The first kappa shape index (κ1) is 14.8. The van der Waals surface area contributed by atoms with E-state index in [1.807, 2.05) is 0 Å². The molecule has 1 aromatic carbocycles. The monoisotopic (exact) mass is 326 g/mol. The minimum atomic E-state index is -4.70. The molecule has 1 atom stereocenters. The number of ether oxygens (including phenoxy) is 2. The largest absolute Gasteiger partial charge is 0.573 e. The molecule has 18 heavy (non-hydrogen) atoms.